The Kier molecular flexibility index (Phi) is 7.11. The molecule has 0 amide bonds. The second kappa shape index (κ2) is 9.59. The van der Waals surface area contributed by atoms with Crippen molar-refractivity contribution in [1.82, 2.24) is 9.88 Å². The van der Waals surface area contributed by atoms with Crippen molar-refractivity contribution in [1.29, 1.82) is 0 Å². The molecular formula is C25H29ClN2O2. The lowest BCUT2D eigenvalue weighted by Gasteiger charge is -2.20. The minimum Gasteiger partial charge on any atom is -0.441 e. The summed E-state index contributed by atoms with van der Waals surface area (Å²) in [4.78, 5) is 18.9. The molecule has 0 spiro atoms. The van der Waals surface area contributed by atoms with E-state index in [-0.39, 0.29) is 18.2 Å². The summed E-state index contributed by atoms with van der Waals surface area (Å²) < 4.78 is 5.96. The summed E-state index contributed by atoms with van der Waals surface area (Å²) in [5.74, 6) is 1.66. The number of likely N-dealkylation sites (tertiary alicyclic amines) is 1. The molecule has 30 heavy (non-hydrogen) atoms. The van der Waals surface area contributed by atoms with Crippen molar-refractivity contribution >= 4 is 18.2 Å². The molecule has 158 valence electrons. The zero-order valence-corrected chi connectivity index (χ0v) is 18.7. The standard InChI is InChI=1S/C25H28N2O2.ClH/c1-17-6-5-14-27(17)15-13-24-19(3)29-25(26-24)21-11-9-20(10-12-21)23-8-4-7-22(16-23)18(2)28;/h4,7-12,16-17H,5-6,13-15H2,1-3H3;1H. The average Bonchev–Trinajstić information content (AvgIpc) is 3.31. The highest BCUT2D eigenvalue weighted by Crippen LogP contribution is 2.27. The first-order valence-corrected chi connectivity index (χ1v) is 10.4. The summed E-state index contributed by atoms with van der Waals surface area (Å²) in [7, 11) is 0. The van der Waals surface area contributed by atoms with E-state index in [0.717, 1.165) is 46.7 Å². The number of nitrogens with zero attached hydrogens (tertiary/aromatic N) is 2. The molecule has 2 heterocycles. The molecule has 0 saturated carbocycles. The molecule has 1 unspecified atom stereocenters. The van der Waals surface area contributed by atoms with Gasteiger partial charge in [0, 0.05) is 30.1 Å². The zero-order chi connectivity index (χ0) is 20.4. The van der Waals surface area contributed by atoms with Gasteiger partial charge in [-0.25, -0.2) is 4.98 Å². The topological polar surface area (TPSA) is 46.3 Å². The lowest BCUT2D eigenvalue weighted by molar-refractivity contribution is 0.101. The van der Waals surface area contributed by atoms with Crippen LogP contribution in [-0.4, -0.2) is 34.8 Å². The number of ketones is 1. The van der Waals surface area contributed by atoms with Gasteiger partial charge in [-0.2, -0.15) is 0 Å². The maximum Gasteiger partial charge on any atom is 0.226 e. The average molecular weight is 425 g/mol. The van der Waals surface area contributed by atoms with E-state index in [0.29, 0.717) is 11.9 Å². The quantitative estimate of drug-likeness (QED) is 0.457. The highest BCUT2D eigenvalue weighted by molar-refractivity contribution is 5.95. The van der Waals surface area contributed by atoms with Gasteiger partial charge >= 0.3 is 0 Å². The van der Waals surface area contributed by atoms with Crippen molar-refractivity contribution in [3.05, 3.63) is 65.5 Å². The van der Waals surface area contributed by atoms with Gasteiger partial charge in [-0.1, -0.05) is 30.3 Å². The van der Waals surface area contributed by atoms with Crippen molar-refractivity contribution in [2.75, 3.05) is 13.1 Å². The number of carbonyl (C=O) groups is 1. The van der Waals surface area contributed by atoms with Crippen LogP contribution in [0.1, 0.15) is 48.5 Å². The Morgan fingerprint density at radius 3 is 2.53 bits per heavy atom. The number of hydrogen-bond donors (Lipinski definition) is 0. The first-order valence-electron chi connectivity index (χ1n) is 10.4. The molecular weight excluding hydrogens is 396 g/mol. The van der Waals surface area contributed by atoms with E-state index in [4.69, 9.17) is 9.40 Å². The molecule has 0 N–H and O–H groups in total. The minimum absolute atomic E-state index is 0. The van der Waals surface area contributed by atoms with Crippen molar-refractivity contribution in [2.24, 2.45) is 0 Å². The van der Waals surface area contributed by atoms with Crippen molar-refractivity contribution in [3.8, 4) is 22.6 Å². The molecule has 1 atom stereocenters. The molecule has 0 aliphatic carbocycles. The second-order valence-electron chi connectivity index (χ2n) is 8.01. The molecule has 4 rings (SSSR count). The fraction of sp³-hybridized carbons (Fsp3) is 0.360. The van der Waals surface area contributed by atoms with E-state index in [9.17, 15) is 4.79 Å². The van der Waals surface area contributed by atoms with Crippen LogP contribution < -0.4 is 0 Å². The van der Waals surface area contributed by atoms with Gasteiger partial charge in [-0.15, -0.1) is 12.4 Å². The predicted octanol–water partition coefficient (Wildman–Crippen LogP) is 5.97. The number of Topliss-reactive ketones (excluding diaryl/α,β-unsaturated/α-hetero) is 1. The first kappa shape index (κ1) is 22.3. The second-order valence-corrected chi connectivity index (χ2v) is 8.01. The van der Waals surface area contributed by atoms with Crippen LogP contribution in [0.25, 0.3) is 22.6 Å². The van der Waals surface area contributed by atoms with Crippen LogP contribution in [0.4, 0.5) is 0 Å². The highest BCUT2D eigenvalue weighted by atomic mass is 35.5. The van der Waals surface area contributed by atoms with E-state index in [1.165, 1.54) is 19.4 Å². The van der Waals surface area contributed by atoms with Gasteiger partial charge in [0.15, 0.2) is 5.78 Å². The lowest BCUT2D eigenvalue weighted by atomic mass is 10.0. The Bertz CT molecular complexity index is 1010. The van der Waals surface area contributed by atoms with Crippen molar-refractivity contribution in [3.63, 3.8) is 0 Å². The molecule has 2 aromatic carbocycles. The Labute approximate surface area is 184 Å². The number of oxazole rings is 1. The summed E-state index contributed by atoms with van der Waals surface area (Å²) in [6.45, 7) is 8.13. The van der Waals surface area contributed by atoms with E-state index < -0.39 is 0 Å². The number of hydrogen-bond acceptors (Lipinski definition) is 4. The molecule has 0 radical (unpaired) electrons. The lowest BCUT2D eigenvalue weighted by Crippen LogP contribution is -2.29. The molecule has 0 bridgehead atoms. The van der Waals surface area contributed by atoms with Gasteiger partial charge in [-0.05, 0) is 69.5 Å². The summed E-state index contributed by atoms with van der Waals surface area (Å²) in [6.07, 6.45) is 3.52. The minimum atomic E-state index is 0. The largest absolute Gasteiger partial charge is 0.441 e. The number of carbonyl (C=O) groups excluding carboxylic acids is 1. The first-order chi connectivity index (χ1) is 14.0. The van der Waals surface area contributed by atoms with E-state index in [1.807, 2.05) is 43.3 Å². The van der Waals surface area contributed by atoms with Crippen LogP contribution >= 0.6 is 12.4 Å². The highest BCUT2D eigenvalue weighted by Gasteiger charge is 2.21. The van der Waals surface area contributed by atoms with Crippen LogP contribution in [0.15, 0.2) is 52.9 Å². The van der Waals surface area contributed by atoms with Crippen molar-refractivity contribution in [2.45, 2.75) is 46.1 Å². The normalized spacial score (nSPS) is 16.4. The van der Waals surface area contributed by atoms with Gasteiger partial charge in [-0.3, -0.25) is 4.79 Å². The summed E-state index contributed by atoms with van der Waals surface area (Å²) in [6, 6.07) is 16.6. The van der Waals surface area contributed by atoms with E-state index in [2.05, 4.69) is 24.0 Å². The summed E-state index contributed by atoms with van der Waals surface area (Å²) in [5.41, 5.74) is 4.86. The third kappa shape index (κ3) is 4.82. The number of halogens is 1. The predicted molar refractivity (Wildman–Crippen MR) is 123 cm³/mol. The summed E-state index contributed by atoms with van der Waals surface area (Å²) in [5, 5.41) is 0. The molecule has 1 aliphatic heterocycles. The third-order valence-electron chi connectivity index (χ3n) is 5.95. The zero-order valence-electron chi connectivity index (χ0n) is 17.9. The van der Waals surface area contributed by atoms with Crippen LogP contribution in [-0.2, 0) is 6.42 Å². The van der Waals surface area contributed by atoms with Crippen LogP contribution in [0, 0.1) is 6.92 Å². The van der Waals surface area contributed by atoms with Crippen molar-refractivity contribution < 1.29 is 9.21 Å². The fourth-order valence-electron chi connectivity index (χ4n) is 4.08. The Morgan fingerprint density at radius 2 is 1.87 bits per heavy atom. The molecule has 1 aromatic heterocycles. The maximum atomic E-state index is 11.6. The molecule has 1 saturated heterocycles. The van der Waals surface area contributed by atoms with Gasteiger partial charge < -0.3 is 9.32 Å². The molecule has 5 heteroatoms. The molecule has 1 aliphatic rings. The Balaban J connectivity index is 0.00000256. The molecule has 1 fully saturated rings. The molecule has 4 nitrogen and oxygen atoms in total. The third-order valence-corrected chi connectivity index (χ3v) is 5.95. The van der Waals surface area contributed by atoms with Gasteiger partial charge in [0.2, 0.25) is 5.89 Å². The van der Waals surface area contributed by atoms with Crippen LogP contribution in [0.5, 0.6) is 0 Å². The van der Waals surface area contributed by atoms with Gasteiger partial charge in [0.1, 0.15) is 5.76 Å². The number of aromatic nitrogens is 1. The molecule has 3 aromatic rings. The number of benzene rings is 2. The smallest absolute Gasteiger partial charge is 0.226 e. The monoisotopic (exact) mass is 424 g/mol. The van der Waals surface area contributed by atoms with Gasteiger partial charge in [0.05, 0.1) is 5.69 Å². The fourth-order valence-corrected chi connectivity index (χ4v) is 4.08. The number of aryl methyl sites for hydroxylation is 1. The SMILES string of the molecule is CC(=O)c1cccc(-c2ccc(-c3nc(CCN4CCCC4C)c(C)o3)cc2)c1.Cl. The van der Waals surface area contributed by atoms with Crippen LogP contribution in [0.3, 0.4) is 0 Å². The summed E-state index contributed by atoms with van der Waals surface area (Å²) >= 11 is 0. The Morgan fingerprint density at radius 1 is 1.13 bits per heavy atom. The Hall–Kier alpha value is -2.43. The number of rotatable bonds is 6. The van der Waals surface area contributed by atoms with E-state index in [1.54, 1.807) is 6.92 Å². The van der Waals surface area contributed by atoms with Gasteiger partial charge in [0.25, 0.3) is 0 Å². The van der Waals surface area contributed by atoms with Crippen LogP contribution in [0.2, 0.25) is 0 Å². The van der Waals surface area contributed by atoms with E-state index >= 15 is 0 Å². The maximum absolute atomic E-state index is 11.6.